The predicted octanol–water partition coefficient (Wildman–Crippen LogP) is 5.18. The Kier molecular flexibility index (Phi) is 9.08. The molecule has 9 heteroatoms. The summed E-state index contributed by atoms with van der Waals surface area (Å²) in [6, 6.07) is 11.9. The van der Waals surface area contributed by atoms with Crippen LogP contribution < -0.4 is 10.1 Å². The van der Waals surface area contributed by atoms with Gasteiger partial charge in [-0.05, 0) is 50.6 Å². The number of pyridine rings is 1. The molecule has 3 rings (SSSR count). The van der Waals surface area contributed by atoms with E-state index in [1.807, 2.05) is 74.8 Å². The summed E-state index contributed by atoms with van der Waals surface area (Å²) in [7, 11) is 5.58. The summed E-state index contributed by atoms with van der Waals surface area (Å²) >= 11 is 1.71. The first-order chi connectivity index (χ1) is 16.9. The molecule has 1 aromatic carbocycles. The molecule has 1 N–H and O–H groups in total. The SMILES string of the molecule is C/C=C\C=C(/NC)C(=NCc1ccc(-c2nnco2)cc1)N(C)C(C)(C)Sc1ccc(OC)nc1. The second-order valence-corrected chi connectivity index (χ2v) is 9.76. The maximum absolute atomic E-state index is 5.28. The summed E-state index contributed by atoms with van der Waals surface area (Å²) in [6.45, 7) is 6.84. The second-order valence-electron chi connectivity index (χ2n) is 8.08. The van der Waals surface area contributed by atoms with Gasteiger partial charge in [0.05, 0.1) is 24.2 Å². The lowest BCUT2D eigenvalue weighted by Crippen LogP contribution is -2.45. The Balaban J connectivity index is 1.86. The van der Waals surface area contributed by atoms with Gasteiger partial charge >= 0.3 is 0 Å². The van der Waals surface area contributed by atoms with Crippen LogP contribution >= 0.6 is 11.8 Å². The molecule has 2 heterocycles. The van der Waals surface area contributed by atoms with Crippen molar-refractivity contribution >= 4 is 17.6 Å². The number of allylic oxidation sites excluding steroid dienone is 3. The number of likely N-dealkylation sites (N-methyl/N-ethyl adjacent to an activating group) is 2. The molecule has 0 saturated heterocycles. The molecule has 3 aromatic rings. The van der Waals surface area contributed by atoms with Crippen LogP contribution in [0.1, 0.15) is 26.3 Å². The molecule has 35 heavy (non-hydrogen) atoms. The Morgan fingerprint density at radius 1 is 1.23 bits per heavy atom. The molecule has 0 aliphatic rings. The van der Waals surface area contributed by atoms with Crippen LogP contribution in [-0.2, 0) is 6.54 Å². The van der Waals surface area contributed by atoms with E-state index in [1.54, 1.807) is 18.9 Å². The molecule has 0 amide bonds. The van der Waals surface area contributed by atoms with Crippen LogP contribution in [0.2, 0.25) is 0 Å². The largest absolute Gasteiger partial charge is 0.481 e. The van der Waals surface area contributed by atoms with E-state index < -0.39 is 0 Å². The lowest BCUT2D eigenvalue weighted by atomic mass is 10.1. The van der Waals surface area contributed by atoms with Gasteiger partial charge < -0.3 is 19.4 Å². The van der Waals surface area contributed by atoms with Gasteiger partial charge in [0.25, 0.3) is 0 Å². The summed E-state index contributed by atoms with van der Waals surface area (Å²) in [4.78, 5) is 12.3. The minimum atomic E-state index is -0.317. The highest BCUT2D eigenvalue weighted by molar-refractivity contribution is 8.00. The number of hydrogen-bond acceptors (Lipinski definition) is 8. The smallest absolute Gasteiger partial charge is 0.247 e. The van der Waals surface area contributed by atoms with Crippen LogP contribution in [0.15, 0.2) is 87.2 Å². The van der Waals surface area contributed by atoms with E-state index in [2.05, 4.69) is 46.3 Å². The summed E-state index contributed by atoms with van der Waals surface area (Å²) in [5, 5.41) is 11.0. The van der Waals surface area contributed by atoms with Crippen molar-refractivity contribution in [2.24, 2.45) is 4.99 Å². The van der Waals surface area contributed by atoms with Crippen LogP contribution in [0, 0.1) is 0 Å². The standard InChI is InChI=1S/C26H32N6O2S/c1-7-8-9-22(27-4)24(29-16-19-10-12-20(13-11-19)25-31-30-18-34-25)32(5)26(2,3)35-21-14-15-23(33-6)28-17-21/h7-15,17-18,27H,16H2,1-6H3/b8-7-,22-9-,29-24?. The third kappa shape index (κ3) is 6.95. The van der Waals surface area contributed by atoms with E-state index in [9.17, 15) is 0 Å². The second kappa shape index (κ2) is 12.2. The fourth-order valence-corrected chi connectivity index (χ4v) is 4.25. The first-order valence-corrected chi connectivity index (χ1v) is 12.0. The topological polar surface area (TPSA) is 88.7 Å². The minimum absolute atomic E-state index is 0.317. The highest BCUT2D eigenvalue weighted by atomic mass is 32.2. The van der Waals surface area contributed by atoms with E-state index in [0.29, 0.717) is 18.3 Å². The lowest BCUT2D eigenvalue weighted by molar-refractivity contribution is 0.373. The molecule has 0 atom stereocenters. The maximum atomic E-state index is 5.28. The zero-order valence-electron chi connectivity index (χ0n) is 21.0. The Hall–Kier alpha value is -3.59. The molecule has 0 saturated carbocycles. The highest BCUT2D eigenvalue weighted by Gasteiger charge is 2.29. The maximum Gasteiger partial charge on any atom is 0.247 e. The van der Waals surface area contributed by atoms with Crippen LogP contribution in [0.5, 0.6) is 5.88 Å². The van der Waals surface area contributed by atoms with Crippen molar-refractivity contribution < 1.29 is 9.15 Å². The zero-order chi connectivity index (χ0) is 25.3. The summed E-state index contributed by atoms with van der Waals surface area (Å²) in [5.74, 6) is 1.95. The number of rotatable bonds is 10. The molecule has 0 fully saturated rings. The van der Waals surface area contributed by atoms with Crippen LogP contribution in [0.25, 0.3) is 11.5 Å². The molecule has 0 spiro atoms. The van der Waals surface area contributed by atoms with E-state index in [-0.39, 0.29) is 4.87 Å². The number of amidine groups is 1. The summed E-state index contributed by atoms with van der Waals surface area (Å²) in [5.41, 5.74) is 2.88. The number of thioether (sulfide) groups is 1. The third-order valence-electron chi connectivity index (χ3n) is 5.35. The van der Waals surface area contributed by atoms with Crippen molar-refractivity contribution in [1.82, 2.24) is 25.4 Å². The molecule has 184 valence electrons. The van der Waals surface area contributed by atoms with E-state index in [0.717, 1.165) is 27.6 Å². The monoisotopic (exact) mass is 492 g/mol. The number of nitrogens with zero attached hydrogens (tertiary/aromatic N) is 5. The fourth-order valence-electron chi connectivity index (χ4n) is 3.21. The van der Waals surface area contributed by atoms with Crippen LogP contribution in [0.3, 0.4) is 0 Å². The number of benzene rings is 1. The minimum Gasteiger partial charge on any atom is -0.481 e. The van der Waals surface area contributed by atoms with Gasteiger partial charge in [0, 0.05) is 36.8 Å². The number of aromatic nitrogens is 3. The van der Waals surface area contributed by atoms with Gasteiger partial charge in [-0.25, -0.2) is 4.98 Å². The third-order valence-corrected chi connectivity index (χ3v) is 6.60. The van der Waals surface area contributed by atoms with Crippen molar-refractivity contribution in [2.45, 2.75) is 37.1 Å². The fraction of sp³-hybridized carbons (Fsp3) is 0.308. The van der Waals surface area contributed by atoms with Gasteiger partial charge in [0.2, 0.25) is 18.2 Å². The van der Waals surface area contributed by atoms with Crippen molar-refractivity contribution in [3.63, 3.8) is 0 Å². The first-order valence-electron chi connectivity index (χ1n) is 11.2. The van der Waals surface area contributed by atoms with E-state index >= 15 is 0 Å². The number of ether oxygens (including phenoxy) is 1. The van der Waals surface area contributed by atoms with Gasteiger partial charge in [0.15, 0.2) is 0 Å². The Labute approximate surface area is 211 Å². The number of hydrogen-bond donors (Lipinski definition) is 1. The average molecular weight is 493 g/mol. The number of aliphatic imine (C=N–C) groups is 1. The normalized spacial score (nSPS) is 12.7. The highest BCUT2D eigenvalue weighted by Crippen LogP contribution is 2.35. The van der Waals surface area contributed by atoms with Crippen LogP contribution in [-0.4, -0.2) is 52.0 Å². The molecule has 8 nitrogen and oxygen atoms in total. The van der Waals surface area contributed by atoms with Gasteiger partial charge in [-0.1, -0.05) is 36.0 Å². The molecule has 0 unspecified atom stereocenters. The van der Waals surface area contributed by atoms with Crippen molar-refractivity contribution in [3.05, 3.63) is 78.5 Å². The van der Waals surface area contributed by atoms with Crippen molar-refractivity contribution in [3.8, 4) is 17.3 Å². The summed E-state index contributed by atoms with van der Waals surface area (Å²) in [6.07, 6.45) is 9.18. The molecular formula is C26H32N6O2S. The molecule has 0 aliphatic heterocycles. The molecule has 0 bridgehead atoms. The van der Waals surface area contributed by atoms with Crippen LogP contribution in [0.4, 0.5) is 0 Å². The Morgan fingerprint density at radius 3 is 2.57 bits per heavy atom. The number of nitrogens with one attached hydrogen (secondary N) is 1. The molecule has 0 radical (unpaired) electrons. The zero-order valence-corrected chi connectivity index (χ0v) is 21.8. The van der Waals surface area contributed by atoms with E-state index in [1.165, 1.54) is 6.39 Å². The predicted molar refractivity (Wildman–Crippen MR) is 141 cm³/mol. The van der Waals surface area contributed by atoms with Gasteiger partial charge in [-0.15, -0.1) is 10.2 Å². The van der Waals surface area contributed by atoms with Crippen molar-refractivity contribution in [2.75, 3.05) is 21.2 Å². The van der Waals surface area contributed by atoms with Gasteiger partial charge in [0.1, 0.15) is 5.84 Å². The quantitative estimate of drug-likeness (QED) is 0.136. The van der Waals surface area contributed by atoms with E-state index in [4.69, 9.17) is 14.1 Å². The Bertz CT molecular complexity index is 1150. The lowest BCUT2D eigenvalue weighted by Gasteiger charge is -2.38. The molecule has 2 aromatic heterocycles. The summed E-state index contributed by atoms with van der Waals surface area (Å²) < 4.78 is 10.5. The van der Waals surface area contributed by atoms with Gasteiger partial charge in [-0.2, -0.15) is 0 Å². The van der Waals surface area contributed by atoms with Crippen molar-refractivity contribution in [1.29, 1.82) is 0 Å². The average Bonchev–Trinajstić information content (AvgIpc) is 3.41. The first kappa shape index (κ1) is 26.0. The van der Waals surface area contributed by atoms with Gasteiger partial charge in [-0.3, -0.25) is 4.99 Å². The molecule has 0 aliphatic carbocycles. The molecular weight excluding hydrogens is 460 g/mol. The Morgan fingerprint density at radius 2 is 2.00 bits per heavy atom. The number of methoxy groups -OCH3 is 1.